The van der Waals surface area contributed by atoms with Gasteiger partial charge in [-0.05, 0) is 280 Å². The summed E-state index contributed by atoms with van der Waals surface area (Å²) >= 11 is 0. The summed E-state index contributed by atoms with van der Waals surface area (Å²) in [6.07, 6.45) is 0. The SMILES string of the molecule is c1ccc(-c2ccc(N(c3cccc(-c4cccc(-c5ccc6c(c5)c5ccccc5n6-c5ccccc5)c4)c3)c3ccc4c(c3)C(c3ccccc3)(c3ccccc3)c3ccccc3-4)cc2)cc1.c1ccc(-c2ccc(N(c3ccccc3)c3cc(-c4cc(-c5ccccc5)cc(-c5ccccc5)c4)cc(N(c4ccccc4)c4ccc(-c5ccccc5)cc4)c3)cc2)cc1. The average Bonchev–Trinajstić information content (AvgIpc) is 1.54. The van der Waals surface area contributed by atoms with Crippen molar-refractivity contribution in [3.63, 3.8) is 0 Å². The largest absolute Gasteiger partial charge is 0.310 e. The van der Waals surface area contributed by atoms with E-state index in [1.807, 2.05) is 0 Å². The normalized spacial score (nSPS) is 11.7. The summed E-state index contributed by atoms with van der Waals surface area (Å²) in [4.78, 5) is 7.19. The number of rotatable bonds is 20. The second kappa shape index (κ2) is 35.7. The van der Waals surface area contributed by atoms with Gasteiger partial charge in [0.25, 0.3) is 0 Å². The van der Waals surface area contributed by atoms with Crippen LogP contribution in [0.5, 0.6) is 0 Å². The molecule has 131 heavy (non-hydrogen) atoms. The van der Waals surface area contributed by atoms with Crippen molar-refractivity contribution in [1.82, 2.24) is 4.57 Å². The van der Waals surface area contributed by atoms with E-state index in [-0.39, 0.29) is 0 Å². The minimum atomic E-state index is -0.519. The van der Waals surface area contributed by atoms with Gasteiger partial charge in [0.05, 0.1) is 16.4 Å². The molecule has 1 aromatic heterocycles. The third kappa shape index (κ3) is 15.7. The van der Waals surface area contributed by atoms with E-state index in [0.29, 0.717) is 0 Å². The van der Waals surface area contributed by atoms with E-state index in [4.69, 9.17) is 0 Å². The first kappa shape index (κ1) is 79.7. The number of aromatic nitrogens is 1. The molecular formula is C127H90N4. The molecule has 23 rings (SSSR count). The highest BCUT2D eigenvalue weighted by molar-refractivity contribution is 6.11. The second-order valence-electron chi connectivity index (χ2n) is 33.5. The molecule has 0 atom stereocenters. The average molecular weight is 1670 g/mol. The monoisotopic (exact) mass is 1670 g/mol. The standard InChI is InChI=1S/C67H46N2.C60H44N2/c1-5-19-47(20-6-1)48-35-38-56(39-36-48)68(58-40-41-60-59-31-13-15-33-63(59)67(64(60)46-58,53-24-7-2-8-25-53)54-26-9-3-10-27-54)57-30-18-23-51(44-57)49-21-17-22-50(43-49)52-37-42-66-62(45-52)61-32-14-16-34-65(61)69(66)55-28-11-4-12-29-55;1-7-19-45(20-8-1)49-31-35-57(36-32-49)61(55-27-15-5-16-28-55)59-42-54(53-40-51(47-23-11-3-12-24-47)39-52(41-53)48-25-13-4-14-26-48)43-60(44-59)62(56-29-17-6-18-30-56)58-37-33-50(34-38-58)46-21-9-2-10-22-46/h1-46H;1-44H. The lowest BCUT2D eigenvalue weighted by Gasteiger charge is -2.35. The minimum Gasteiger partial charge on any atom is -0.310 e. The van der Waals surface area contributed by atoms with Crippen molar-refractivity contribution in [2.24, 2.45) is 0 Å². The van der Waals surface area contributed by atoms with E-state index in [2.05, 4.69) is 565 Å². The highest BCUT2D eigenvalue weighted by Gasteiger charge is 2.46. The highest BCUT2D eigenvalue weighted by Crippen LogP contribution is 2.58. The van der Waals surface area contributed by atoms with Gasteiger partial charge >= 0.3 is 0 Å². The van der Waals surface area contributed by atoms with Gasteiger partial charge in [-0.3, -0.25) is 0 Å². The molecular weight excluding hydrogens is 1580 g/mol. The molecule has 22 aromatic rings. The van der Waals surface area contributed by atoms with Crippen LogP contribution >= 0.6 is 0 Å². The Labute approximate surface area is 766 Å². The summed E-state index contributed by atoms with van der Waals surface area (Å²) in [5.41, 5.74) is 39.1. The van der Waals surface area contributed by atoms with Crippen molar-refractivity contribution in [3.8, 4) is 106 Å². The first-order valence-corrected chi connectivity index (χ1v) is 45.0. The van der Waals surface area contributed by atoms with Crippen LogP contribution in [-0.2, 0) is 5.41 Å². The molecule has 618 valence electrons. The lowest BCUT2D eigenvalue weighted by Crippen LogP contribution is -2.28. The zero-order chi connectivity index (χ0) is 87.2. The summed E-state index contributed by atoms with van der Waals surface area (Å²) in [6, 6.07) is 198. The number of anilines is 9. The Bertz CT molecular complexity index is 7510. The first-order valence-electron chi connectivity index (χ1n) is 45.0. The molecule has 4 heteroatoms. The minimum absolute atomic E-state index is 0.519. The molecule has 21 aromatic carbocycles. The molecule has 0 N–H and O–H groups in total. The Hall–Kier alpha value is -17.2. The molecule has 1 aliphatic rings. The molecule has 1 aliphatic carbocycles. The van der Waals surface area contributed by atoms with Gasteiger partial charge in [0.1, 0.15) is 0 Å². The maximum atomic E-state index is 2.46. The van der Waals surface area contributed by atoms with Crippen molar-refractivity contribution in [3.05, 3.63) is 568 Å². The predicted octanol–water partition coefficient (Wildman–Crippen LogP) is 34.6. The van der Waals surface area contributed by atoms with Crippen molar-refractivity contribution in [2.45, 2.75) is 5.41 Å². The van der Waals surface area contributed by atoms with E-state index >= 15 is 0 Å². The number of fused-ring (bicyclic) bond motifs is 6. The summed E-state index contributed by atoms with van der Waals surface area (Å²) in [6.45, 7) is 0. The molecule has 0 unspecified atom stereocenters. The Morgan fingerprint density at radius 3 is 0.901 bits per heavy atom. The van der Waals surface area contributed by atoms with Crippen molar-refractivity contribution in [1.29, 1.82) is 0 Å². The molecule has 0 radical (unpaired) electrons. The van der Waals surface area contributed by atoms with Gasteiger partial charge in [0.2, 0.25) is 0 Å². The zero-order valence-corrected chi connectivity index (χ0v) is 72.3. The van der Waals surface area contributed by atoms with Crippen LogP contribution in [0.2, 0.25) is 0 Å². The quantitative estimate of drug-likeness (QED) is 0.0756. The molecule has 4 nitrogen and oxygen atoms in total. The van der Waals surface area contributed by atoms with Gasteiger partial charge in [0.15, 0.2) is 0 Å². The van der Waals surface area contributed by atoms with E-state index < -0.39 is 5.41 Å². The van der Waals surface area contributed by atoms with Gasteiger partial charge in [0, 0.05) is 67.6 Å². The number of hydrogen-bond acceptors (Lipinski definition) is 3. The fourth-order valence-electron chi connectivity index (χ4n) is 19.5. The van der Waals surface area contributed by atoms with Crippen LogP contribution < -0.4 is 14.7 Å². The topological polar surface area (TPSA) is 14.7 Å². The van der Waals surface area contributed by atoms with Crippen LogP contribution in [-0.4, -0.2) is 4.57 Å². The van der Waals surface area contributed by atoms with Crippen LogP contribution in [0.15, 0.2) is 546 Å². The van der Waals surface area contributed by atoms with E-state index in [9.17, 15) is 0 Å². The summed E-state index contributed by atoms with van der Waals surface area (Å²) < 4.78 is 2.38. The molecule has 0 spiro atoms. The molecule has 0 fully saturated rings. The molecule has 1 heterocycles. The summed E-state index contributed by atoms with van der Waals surface area (Å²) in [5, 5.41) is 2.49. The van der Waals surface area contributed by atoms with Gasteiger partial charge < -0.3 is 19.3 Å². The molecule has 0 saturated heterocycles. The van der Waals surface area contributed by atoms with Crippen LogP contribution in [0.25, 0.3) is 128 Å². The third-order valence-electron chi connectivity index (χ3n) is 25.6. The summed E-state index contributed by atoms with van der Waals surface area (Å²) in [7, 11) is 0. The van der Waals surface area contributed by atoms with Crippen LogP contribution in [0.3, 0.4) is 0 Å². The van der Waals surface area contributed by atoms with Crippen molar-refractivity contribution in [2.75, 3.05) is 14.7 Å². The van der Waals surface area contributed by atoms with Gasteiger partial charge in [-0.25, -0.2) is 0 Å². The van der Waals surface area contributed by atoms with Gasteiger partial charge in [-0.1, -0.05) is 388 Å². The zero-order valence-electron chi connectivity index (χ0n) is 72.3. The van der Waals surface area contributed by atoms with Crippen molar-refractivity contribution >= 4 is 73.0 Å². The maximum Gasteiger partial charge on any atom is 0.0714 e. The number of hydrogen-bond donors (Lipinski definition) is 0. The van der Waals surface area contributed by atoms with Crippen LogP contribution in [0.4, 0.5) is 51.2 Å². The lowest BCUT2D eigenvalue weighted by molar-refractivity contribution is 0.768. The molecule has 0 aliphatic heterocycles. The predicted molar refractivity (Wildman–Crippen MR) is 552 cm³/mol. The van der Waals surface area contributed by atoms with E-state index in [1.54, 1.807) is 0 Å². The number of nitrogens with zero attached hydrogens (tertiary/aromatic N) is 4. The Kier molecular flexibility index (Phi) is 21.7. The molecule has 0 saturated carbocycles. The third-order valence-corrected chi connectivity index (χ3v) is 25.6. The van der Waals surface area contributed by atoms with Crippen molar-refractivity contribution < 1.29 is 0 Å². The van der Waals surface area contributed by atoms with E-state index in [0.717, 1.165) is 79.1 Å². The van der Waals surface area contributed by atoms with Gasteiger partial charge in [-0.15, -0.1) is 0 Å². The Morgan fingerprint density at radius 2 is 0.427 bits per heavy atom. The maximum absolute atomic E-state index is 2.46. The molecule has 0 bridgehead atoms. The highest BCUT2D eigenvalue weighted by atomic mass is 15.2. The number of benzene rings is 21. The van der Waals surface area contributed by atoms with Crippen LogP contribution in [0, 0.1) is 0 Å². The molecule has 0 amide bonds. The fourth-order valence-corrected chi connectivity index (χ4v) is 19.5. The number of para-hydroxylation sites is 4. The van der Waals surface area contributed by atoms with Gasteiger partial charge in [-0.2, -0.15) is 0 Å². The second-order valence-corrected chi connectivity index (χ2v) is 33.5. The summed E-state index contributed by atoms with van der Waals surface area (Å²) in [5.74, 6) is 0. The van der Waals surface area contributed by atoms with E-state index in [1.165, 1.54) is 122 Å². The Morgan fingerprint density at radius 1 is 0.145 bits per heavy atom. The van der Waals surface area contributed by atoms with Crippen LogP contribution in [0.1, 0.15) is 22.3 Å². The smallest absolute Gasteiger partial charge is 0.0714 e. The lowest BCUT2D eigenvalue weighted by atomic mass is 9.67. The fraction of sp³-hybridized carbons (Fsp3) is 0.00787. The Balaban J connectivity index is 0.000000154. The first-order chi connectivity index (χ1) is 64.9.